The van der Waals surface area contributed by atoms with Crippen LogP contribution in [-0.2, 0) is 6.54 Å². The van der Waals surface area contributed by atoms with Crippen LogP contribution in [0, 0.1) is 0 Å². The molecule has 25 heavy (non-hydrogen) atoms. The number of nitrogens with zero attached hydrogens (tertiary/aromatic N) is 3. The maximum atomic E-state index is 12.8. The van der Waals surface area contributed by atoms with Gasteiger partial charge in [-0.05, 0) is 37.8 Å². The van der Waals surface area contributed by atoms with Gasteiger partial charge in [-0.2, -0.15) is 0 Å². The number of benzene rings is 1. The van der Waals surface area contributed by atoms with Crippen LogP contribution >= 0.6 is 0 Å². The minimum Gasteiger partial charge on any atom is -0.360 e. The molecule has 2 heterocycles. The molecule has 5 heteroatoms. The summed E-state index contributed by atoms with van der Waals surface area (Å²) in [4.78, 5) is 17.0. The van der Waals surface area contributed by atoms with E-state index in [0.29, 0.717) is 11.6 Å². The van der Waals surface area contributed by atoms with E-state index in [1.165, 1.54) is 5.56 Å². The number of likely N-dealkylation sites (N-methyl/N-ethyl adjacent to an activating group) is 1. The minimum atomic E-state index is -0.0257. The average molecular weight is 339 g/mol. The van der Waals surface area contributed by atoms with E-state index in [9.17, 15) is 4.79 Å². The number of rotatable bonds is 5. The molecule has 1 aliphatic heterocycles. The number of likely N-dealkylation sites (tertiary alicyclic amines) is 1. The zero-order valence-electron chi connectivity index (χ0n) is 14.7. The minimum absolute atomic E-state index is 0.0257. The molecule has 4 rings (SSSR count). The topological polar surface area (TPSA) is 49.6 Å². The molecule has 1 aromatic heterocycles. The van der Waals surface area contributed by atoms with Gasteiger partial charge in [-0.1, -0.05) is 35.5 Å². The molecule has 2 aromatic rings. The molecule has 1 amide bonds. The molecule has 0 radical (unpaired) electrons. The molecule has 1 aromatic carbocycles. The fraction of sp³-hybridized carbons (Fsp3) is 0.500. The highest BCUT2D eigenvalue weighted by molar-refractivity contribution is 5.92. The summed E-state index contributed by atoms with van der Waals surface area (Å²) in [5.41, 5.74) is 1.77. The summed E-state index contributed by atoms with van der Waals surface area (Å²) >= 11 is 0. The maximum Gasteiger partial charge on any atom is 0.276 e. The van der Waals surface area contributed by atoms with Gasteiger partial charge in [0.1, 0.15) is 5.76 Å². The van der Waals surface area contributed by atoms with Crippen LogP contribution in [0.3, 0.4) is 0 Å². The summed E-state index contributed by atoms with van der Waals surface area (Å²) in [6.45, 7) is 2.93. The van der Waals surface area contributed by atoms with Gasteiger partial charge in [0.15, 0.2) is 5.69 Å². The second-order valence-electron chi connectivity index (χ2n) is 7.32. The standard InChI is InChI=1S/C20H25N3O2/c1-22(20(24)18-12-19(25-21-18)16-9-10-16)17-8-5-11-23(14-17)13-15-6-3-2-4-7-15/h2-4,6-7,12,16-17H,5,8-11,13-14H2,1H3. The molecule has 0 spiro atoms. The molecule has 1 aliphatic carbocycles. The molecule has 1 saturated heterocycles. The highest BCUT2D eigenvalue weighted by atomic mass is 16.5. The van der Waals surface area contributed by atoms with E-state index in [1.54, 1.807) is 0 Å². The normalized spacial score (nSPS) is 21.2. The van der Waals surface area contributed by atoms with Gasteiger partial charge in [0.2, 0.25) is 0 Å². The predicted octanol–water partition coefficient (Wildman–Crippen LogP) is 3.29. The smallest absolute Gasteiger partial charge is 0.276 e. The number of aromatic nitrogens is 1. The zero-order valence-corrected chi connectivity index (χ0v) is 14.7. The van der Waals surface area contributed by atoms with Crippen LogP contribution in [0.15, 0.2) is 40.9 Å². The van der Waals surface area contributed by atoms with Crippen molar-refractivity contribution in [2.75, 3.05) is 20.1 Å². The van der Waals surface area contributed by atoms with Crippen LogP contribution in [0.25, 0.3) is 0 Å². The third kappa shape index (κ3) is 3.76. The summed E-state index contributed by atoms with van der Waals surface area (Å²) in [5, 5.41) is 4.00. The second kappa shape index (κ2) is 7.00. The monoisotopic (exact) mass is 339 g/mol. The van der Waals surface area contributed by atoms with Gasteiger partial charge in [0.05, 0.1) is 0 Å². The molecule has 2 aliphatic rings. The summed E-state index contributed by atoms with van der Waals surface area (Å²) in [6.07, 6.45) is 4.45. The van der Waals surface area contributed by atoms with E-state index >= 15 is 0 Å². The number of piperidine rings is 1. The van der Waals surface area contributed by atoms with Crippen molar-refractivity contribution in [3.63, 3.8) is 0 Å². The van der Waals surface area contributed by atoms with E-state index < -0.39 is 0 Å². The van der Waals surface area contributed by atoms with Gasteiger partial charge in [0.25, 0.3) is 5.91 Å². The van der Waals surface area contributed by atoms with E-state index in [-0.39, 0.29) is 11.9 Å². The van der Waals surface area contributed by atoms with Crippen LogP contribution in [-0.4, -0.2) is 47.0 Å². The molecule has 1 unspecified atom stereocenters. The van der Waals surface area contributed by atoms with Crippen LogP contribution in [0.1, 0.15) is 53.4 Å². The second-order valence-corrected chi connectivity index (χ2v) is 7.32. The summed E-state index contributed by atoms with van der Waals surface area (Å²) in [6, 6.07) is 12.6. The number of carbonyl (C=O) groups is 1. The fourth-order valence-corrected chi connectivity index (χ4v) is 3.63. The Morgan fingerprint density at radius 2 is 2.08 bits per heavy atom. The lowest BCUT2D eigenvalue weighted by Crippen LogP contribution is -2.48. The van der Waals surface area contributed by atoms with Crippen LogP contribution in [0.5, 0.6) is 0 Å². The van der Waals surface area contributed by atoms with E-state index in [4.69, 9.17) is 4.52 Å². The summed E-state index contributed by atoms with van der Waals surface area (Å²) in [7, 11) is 1.89. The lowest BCUT2D eigenvalue weighted by atomic mass is 10.0. The van der Waals surface area contributed by atoms with Crippen LogP contribution in [0.2, 0.25) is 0 Å². The van der Waals surface area contributed by atoms with Crippen molar-refractivity contribution in [2.24, 2.45) is 0 Å². The Labute approximate surface area is 148 Å². The van der Waals surface area contributed by atoms with Crippen molar-refractivity contribution in [3.8, 4) is 0 Å². The van der Waals surface area contributed by atoms with Gasteiger partial charge in [-0.3, -0.25) is 9.69 Å². The zero-order chi connectivity index (χ0) is 17.2. The van der Waals surface area contributed by atoms with Crippen molar-refractivity contribution in [2.45, 2.75) is 44.2 Å². The van der Waals surface area contributed by atoms with Crippen LogP contribution < -0.4 is 0 Å². The van der Waals surface area contributed by atoms with Gasteiger partial charge < -0.3 is 9.42 Å². The highest BCUT2D eigenvalue weighted by Gasteiger charge is 2.31. The molecular weight excluding hydrogens is 314 g/mol. The lowest BCUT2D eigenvalue weighted by Gasteiger charge is -2.37. The summed E-state index contributed by atoms with van der Waals surface area (Å²) < 4.78 is 5.34. The van der Waals surface area contributed by atoms with Crippen molar-refractivity contribution in [1.29, 1.82) is 0 Å². The molecule has 1 atom stereocenters. The van der Waals surface area contributed by atoms with Crippen molar-refractivity contribution < 1.29 is 9.32 Å². The lowest BCUT2D eigenvalue weighted by molar-refractivity contribution is 0.0599. The Hall–Kier alpha value is -2.14. The Balaban J connectivity index is 1.38. The Kier molecular flexibility index (Phi) is 4.57. The quantitative estimate of drug-likeness (QED) is 0.839. The van der Waals surface area contributed by atoms with E-state index in [1.807, 2.05) is 24.1 Å². The van der Waals surface area contributed by atoms with Gasteiger partial charge in [-0.15, -0.1) is 0 Å². The van der Waals surface area contributed by atoms with Crippen molar-refractivity contribution >= 4 is 5.91 Å². The largest absolute Gasteiger partial charge is 0.360 e. The summed E-state index contributed by atoms with van der Waals surface area (Å²) in [5.74, 6) is 1.32. The number of carbonyl (C=O) groups excluding carboxylic acids is 1. The van der Waals surface area contributed by atoms with Gasteiger partial charge in [-0.25, -0.2) is 0 Å². The van der Waals surface area contributed by atoms with E-state index in [2.05, 4.69) is 34.3 Å². The van der Waals surface area contributed by atoms with Gasteiger partial charge >= 0.3 is 0 Å². The first-order valence-electron chi connectivity index (χ1n) is 9.21. The first kappa shape index (κ1) is 16.3. The number of hydrogen-bond acceptors (Lipinski definition) is 4. The molecule has 132 valence electrons. The Bertz CT molecular complexity index is 724. The van der Waals surface area contributed by atoms with Gasteiger partial charge in [0, 0.05) is 38.2 Å². The molecule has 0 N–H and O–H groups in total. The molecule has 1 saturated carbocycles. The SMILES string of the molecule is CN(C(=O)c1cc(C2CC2)on1)C1CCCN(Cc2ccccc2)C1. The van der Waals surface area contributed by atoms with E-state index in [0.717, 1.165) is 51.1 Å². The van der Waals surface area contributed by atoms with Crippen molar-refractivity contribution in [3.05, 3.63) is 53.4 Å². The van der Waals surface area contributed by atoms with Crippen molar-refractivity contribution in [1.82, 2.24) is 15.0 Å². The molecular formula is C20H25N3O2. The first-order chi connectivity index (χ1) is 12.2. The molecule has 2 fully saturated rings. The third-order valence-electron chi connectivity index (χ3n) is 5.32. The Morgan fingerprint density at radius 3 is 2.84 bits per heavy atom. The number of hydrogen-bond donors (Lipinski definition) is 0. The highest BCUT2D eigenvalue weighted by Crippen LogP contribution is 2.40. The fourth-order valence-electron chi connectivity index (χ4n) is 3.63. The molecule has 5 nitrogen and oxygen atoms in total. The maximum absolute atomic E-state index is 12.8. The predicted molar refractivity (Wildman–Crippen MR) is 95.3 cm³/mol. The van der Waals surface area contributed by atoms with Crippen LogP contribution in [0.4, 0.5) is 0 Å². The Morgan fingerprint density at radius 1 is 1.28 bits per heavy atom. The average Bonchev–Trinajstić information content (AvgIpc) is 3.38. The first-order valence-corrected chi connectivity index (χ1v) is 9.21. The molecule has 0 bridgehead atoms. The number of amides is 1. The third-order valence-corrected chi connectivity index (χ3v) is 5.32.